The van der Waals surface area contributed by atoms with Gasteiger partial charge < -0.3 is 20.2 Å². The second kappa shape index (κ2) is 10.0. The van der Waals surface area contributed by atoms with E-state index in [1.807, 2.05) is 34.6 Å². The van der Waals surface area contributed by atoms with Crippen molar-refractivity contribution in [2.24, 2.45) is 4.99 Å². The molecule has 0 aromatic carbocycles. The molecule has 0 spiro atoms. The minimum absolute atomic E-state index is 0. The van der Waals surface area contributed by atoms with Crippen LogP contribution in [0.25, 0.3) is 0 Å². The predicted octanol–water partition coefficient (Wildman–Crippen LogP) is 2.52. The lowest BCUT2D eigenvalue weighted by atomic mass is 9.98. The van der Waals surface area contributed by atoms with E-state index in [0.29, 0.717) is 37.8 Å². The van der Waals surface area contributed by atoms with Crippen molar-refractivity contribution in [3.63, 3.8) is 0 Å². The Morgan fingerprint density at radius 2 is 1.86 bits per heavy atom. The number of halogens is 1. The minimum Gasteiger partial charge on any atom is -0.444 e. The van der Waals surface area contributed by atoms with Gasteiger partial charge in [-0.1, -0.05) is 13.8 Å². The average molecular weight is 424 g/mol. The highest BCUT2D eigenvalue weighted by molar-refractivity contribution is 14.0. The van der Waals surface area contributed by atoms with E-state index >= 15 is 0 Å². The molecule has 0 aliphatic carbocycles. The number of aliphatic hydroxyl groups is 1. The number of aromatic nitrogens is 1. The number of aryl methyl sites for hydroxylation is 2. The lowest BCUT2D eigenvalue weighted by molar-refractivity contribution is 0.0367. The molecule has 22 heavy (non-hydrogen) atoms. The summed E-state index contributed by atoms with van der Waals surface area (Å²) < 4.78 is 5.51. The van der Waals surface area contributed by atoms with Crippen molar-refractivity contribution >= 4 is 29.9 Å². The van der Waals surface area contributed by atoms with Gasteiger partial charge in [0.05, 0.1) is 11.3 Å². The summed E-state index contributed by atoms with van der Waals surface area (Å²) in [5.41, 5.74) is 0.191. The molecule has 0 saturated carbocycles. The van der Waals surface area contributed by atoms with Gasteiger partial charge >= 0.3 is 0 Å². The van der Waals surface area contributed by atoms with Crippen LogP contribution < -0.4 is 10.6 Å². The zero-order valence-corrected chi connectivity index (χ0v) is 16.5. The smallest absolute Gasteiger partial charge is 0.216 e. The second-order valence-corrected chi connectivity index (χ2v) is 5.23. The Hall–Kier alpha value is -0.830. The molecule has 0 saturated heterocycles. The lowest BCUT2D eigenvalue weighted by Gasteiger charge is -2.26. The van der Waals surface area contributed by atoms with Crippen LogP contribution in [0.3, 0.4) is 0 Å². The summed E-state index contributed by atoms with van der Waals surface area (Å²) in [6, 6.07) is 0. The molecule has 0 unspecified atom stereocenters. The molecule has 1 rings (SSSR count). The van der Waals surface area contributed by atoms with Gasteiger partial charge in [-0.05, 0) is 33.6 Å². The van der Waals surface area contributed by atoms with Crippen LogP contribution in [0.15, 0.2) is 9.41 Å². The predicted molar refractivity (Wildman–Crippen MR) is 99.7 cm³/mol. The Labute approximate surface area is 150 Å². The van der Waals surface area contributed by atoms with Gasteiger partial charge in [-0.25, -0.2) is 9.98 Å². The molecule has 6 nitrogen and oxygen atoms in total. The van der Waals surface area contributed by atoms with Gasteiger partial charge in [0.1, 0.15) is 12.3 Å². The number of rotatable bonds is 7. The number of nitrogens with one attached hydrogen (secondary N) is 2. The summed E-state index contributed by atoms with van der Waals surface area (Å²) in [6.45, 7) is 11.4. The largest absolute Gasteiger partial charge is 0.444 e. The van der Waals surface area contributed by atoms with Gasteiger partial charge in [-0.2, -0.15) is 0 Å². The Morgan fingerprint density at radius 1 is 1.23 bits per heavy atom. The van der Waals surface area contributed by atoms with E-state index in [1.54, 1.807) is 0 Å². The molecule has 0 amide bonds. The Kier molecular flexibility index (Phi) is 9.66. The lowest BCUT2D eigenvalue weighted by Crippen LogP contribution is -2.46. The van der Waals surface area contributed by atoms with Crippen molar-refractivity contribution in [2.75, 3.05) is 13.1 Å². The molecule has 128 valence electrons. The van der Waals surface area contributed by atoms with E-state index in [0.717, 1.165) is 18.0 Å². The fraction of sp³-hybridized carbons (Fsp3) is 0.733. The number of aliphatic imine (C=N–C) groups is 1. The molecule has 1 aromatic heterocycles. The van der Waals surface area contributed by atoms with E-state index in [4.69, 9.17) is 4.42 Å². The first-order chi connectivity index (χ1) is 9.94. The summed E-state index contributed by atoms with van der Waals surface area (Å²) in [7, 11) is 0. The van der Waals surface area contributed by atoms with Crippen molar-refractivity contribution in [2.45, 2.75) is 59.6 Å². The third kappa shape index (κ3) is 6.51. The zero-order chi connectivity index (χ0) is 15.9. The van der Waals surface area contributed by atoms with Crippen molar-refractivity contribution in [1.29, 1.82) is 0 Å². The fourth-order valence-electron chi connectivity index (χ4n) is 1.84. The van der Waals surface area contributed by atoms with Gasteiger partial charge in [-0.3, -0.25) is 0 Å². The first-order valence-electron chi connectivity index (χ1n) is 7.61. The zero-order valence-electron chi connectivity index (χ0n) is 14.2. The monoisotopic (exact) mass is 424 g/mol. The molecule has 1 heterocycles. The minimum atomic E-state index is -0.702. The highest BCUT2D eigenvalue weighted by Gasteiger charge is 2.22. The summed E-state index contributed by atoms with van der Waals surface area (Å²) in [5.74, 6) is 2.08. The summed E-state index contributed by atoms with van der Waals surface area (Å²) in [4.78, 5) is 8.74. The highest BCUT2D eigenvalue weighted by atomic mass is 127. The number of oxazole rings is 1. The molecule has 0 radical (unpaired) electrons. The van der Waals surface area contributed by atoms with Gasteiger partial charge in [-0.15, -0.1) is 24.0 Å². The van der Waals surface area contributed by atoms with E-state index < -0.39 is 5.60 Å². The Morgan fingerprint density at radius 3 is 2.32 bits per heavy atom. The molecular weight excluding hydrogens is 395 g/mol. The summed E-state index contributed by atoms with van der Waals surface area (Å²) >= 11 is 0. The van der Waals surface area contributed by atoms with E-state index in [2.05, 4.69) is 20.6 Å². The van der Waals surface area contributed by atoms with Gasteiger partial charge in [0.15, 0.2) is 5.96 Å². The summed E-state index contributed by atoms with van der Waals surface area (Å²) in [6.07, 6.45) is 1.40. The van der Waals surface area contributed by atoms with Crippen molar-refractivity contribution in [1.82, 2.24) is 15.6 Å². The average Bonchev–Trinajstić information content (AvgIpc) is 2.80. The Balaban J connectivity index is 0.00000441. The van der Waals surface area contributed by atoms with Crippen molar-refractivity contribution in [3.05, 3.63) is 17.3 Å². The molecular formula is C15H29IN4O2. The van der Waals surface area contributed by atoms with Gasteiger partial charge in [0.2, 0.25) is 5.89 Å². The maximum atomic E-state index is 10.3. The maximum absolute atomic E-state index is 10.3. The molecule has 0 aliphatic rings. The van der Waals surface area contributed by atoms with E-state index in [9.17, 15) is 5.11 Å². The van der Waals surface area contributed by atoms with E-state index in [1.165, 1.54) is 0 Å². The van der Waals surface area contributed by atoms with Crippen LogP contribution >= 0.6 is 24.0 Å². The Bertz CT molecular complexity index is 451. The standard InChI is InChI=1S/C15H28N4O2.HI/c1-6-15(20,7-2)10-18-14(16-8-3)17-9-13-19-11(4)12(5)21-13;/h20H,6-10H2,1-5H3,(H2,16,17,18);1H. The second-order valence-electron chi connectivity index (χ2n) is 5.23. The van der Waals surface area contributed by atoms with Crippen LogP contribution in [0.2, 0.25) is 0 Å². The third-order valence-corrected chi connectivity index (χ3v) is 3.69. The molecule has 1 aromatic rings. The van der Waals surface area contributed by atoms with Crippen LogP contribution in [0, 0.1) is 13.8 Å². The van der Waals surface area contributed by atoms with Crippen LogP contribution in [-0.2, 0) is 6.54 Å². The number of nitrogens with zero attached hydrogens (tertiary/aromatic N) is 2. The first kappa shape index (κ1) is 21.2. The topological polar surface area (TPSA) is 82.7 Å². The summed E-state index contributed by atoms with van der Waals surface area (Å²) in [5, 5.41) is 16.6. The van der Waals surface area contributed by atoms with Crippen LogP contribution in [0.4, 0.5) is 0 Å². The van der Waals surface area contributed by atoms with Crippen molar-refractivity contribution in [3.8, 4) is 0 Å². The maximum Gasteiger partial charge on any atom is 0.216 e. The molecule has 7 heteroatoms. The normalized spacial score (nSPS) is 12.0. The molecule has 0 bridgehead atoms. The van der Waals surface area contributed by atoms with Gasteiger partial charge in [0, 0.05) is 13.1 Å². The highest BCUT2D eigenvalue weighted by Crippen LogP contribution is 2.13. The van der Waals surface area contributed by atoms with Gasteiger partial charge in [0.25, 0.3) is 0 Å². The molecule has 0 atom stereocenters. The molecule has 3 N–H and O–H groups in total. The van der Waals surface area contributed by atoms with Crippen LogP contribution in [0.1, 0.15) is 51.0 Å². The van der Waals surface area contributed by atoms with E-state index in [-0.39, 0.29) is 24.0 Å². The fourth-order valence-corrected chi connectivity index (χ4v) is 1.84. The number of hydrogen-bond donors (Lipinski definition) is 3. The molecule has 0 fully saturated rings. The SMILES string of the molecule is CCNC(=NCc1nc(C)c(C)o1)NCC(O)(CC)CC.I. The first-order valence-corrected chi connectivity index (χ1v) is 7.61. The number of hydrogen-bond acceptors (Lipinski definition) is 4. The van der Waals surface area contributed by atoms with Crippen LogP contribution in [0.5, 0.6) is 0 Å². The molecule has 0 aliphatic heterocycles. The van der Waals surface area contributed by atoms with Crippen LogP contribution in [-0.4, -0.2) is 34.7 Å². The quantitative estimate of drug-likeness (QED) is 0.356. The number of guanidine groups is 1. The van der Waals surface area contributed by atoms with Crippen molar-refractivity contribution < 1.29 is 9.52 Å². The third-order valence-electron chi connectivity index (χ3n) is 3.69.